The third-order valence-electron chi connectivity index (χ3n) is 5.14. The third-order valence-corrected chi connectivity index (χ3v) is 6.96. The first-order valence-electron chi connectivity index (χ1n) is 9.62. The Labute approximate surface area is 176 Å². The van der Waals surface area contributed by atoms with Gasteiger partial charge in [-0.05, 0) is 54.4 Å². The number of likely N-dealkylation sites (N-methyl/N-ethyl adjacent to an activating group) is 1. The second kappa shape index (κ2) is 8.20. The van der Waals surface area contributed by atoms with E-state index in [1.54, 1.807) is 19.2 Å². The van der Waals surface area contributed by atoms with Crippen molar-refractivity contribution in [2.75, 3.05) is 29.4 Å². The summed E-state index contributed by atoms with van der Waals surface area (Å²) in [4.78, 5) is 14.0. The van der Waals surface area contributed by atoms with Gasteiger partial charge in [0.1, 0.15) is 5.75 Å². The van der Waals surface area contributed by atoms with Crippen LogP contribution in [0.5, 0.6) is 5.75 Å². The molecule has 0 N–H and O–H groups in total. The van der Waals surface area contributed by atoms with E-state index in [-0.39, 0.29) is 17.4 Å². The standard InChI is InChI=1S/C23H22N2O4S/c1-24(19-8-3-2-4-9-19)23(26)17-29-20-11-13-21(14-12-20)30(27,28)25-16-15-18-7-5-6-10-22(18)25/h2-14H,15-17H2,1H3. The maximum atomic E-state index is 13.0. The predicted octanol–water partition coefficient (Wildman–Crippen LogP) is 3.48. The molecule has 0 spiro atoms. The molecule has 0 saturated carbocycles. The molecule has 1 amide bonds. The summed E-state index contributed by atoms with van der Waals surface area (Å²) < 4.78 is 33.1. The zero-order valence-corrected chi connectivity index (χ0v) is 17.4. The molecule has 6 nitrogen and oxygen atoms in total. The zero-order valence-electron chi connectivity index (χ0n) is 16.6. The van der Waals surface area contributed by atoms with Crippen molar-refractivity contribution in [1.82, 2.24) is 0 Å². The number of sulfonamides is 1. The van der Waals surface area contributed by atoms with E-state index in [0.29, 0.717) is 18.7 Å². The Bertz CT molecular complexity index is 1150. The second-order valence-corrected chi connectivity index (χ2v) is 8.87. The van der Waals surface area contributed by atoms with Crippen molar-refractivity contribution in [3.8, 4) is 5.75 Å². The van der Waals surface area contributed by atoms with Gasteiger partial charge in [-0.2, -0.15) is 0 Å². The number of nitrogens with zero attached hydrogens (tertiary/aromatic N) is 2. The van der Waals surface area contributed by atoms with E-state index in [1.807, 2.05) is 54.6 Å². The Morgan fingerprint density at radius 1 is 0.967 bits per heavy atom. The van der Waals surface area contributed by atoms with E-state index in [1.165, 1.54) is 21.3 Å². The molecule has 4 rings (SSSR count). The van der Waals surface area contributed by atoms with Gasteiger partial charge in [0.25, 0.3) is 15.9 Å². The van der Waals surface area contributed by atoms with Crippen LogP contribution in [0.2, 0.25) is 0 Å². The van der Waals surface area contributed by atoms with Crippen LogP contribution in [0.1, 0.15) is 5.56 Å². The summed E-state index contributed by atoms with van der Waals surface area (Å²) in [5.74, 6) is 0.233. The summed E-state index contributed by atoms with van der Waals surface area (Å²) in [6.45, 7) is 0.289. The highest BCUT2D eigenvalue weighted by molar-refractivity contribution is 7.92. The smallest absolute Gasteiger partial charge is 0.264 e. The van der Waals surface area contributed by atoms with E-state index in [2.05, 4.69) is 0 Å². The van der Waals surface area contributed by atoms with E-state index in [4.69, 9.17) is 4.74 Å². The molecule has 0 unspecified atom stereocenters. The van der Waals surface area contributed by atoms with Crippen molar-refractivity contribution in [1.29, 1.82) is 0 Å². The molecule has 0 aliphatic carbocycles. The van der Waals surface area contributed by atoms with Crippen molar-refractivity contribution in [2.24, 2.45) is 0 Å². The molecular weight excluding hydrogens is 400 g/mol. The largest absolute Gasteiger partial charge is 0.484 e. The van der Waals surface area contributed by atoms with Crippen molar-refractivity contribution < 1.29 is 17.9 Å². The number of fused-ring (bicyclic) bond motifs is 1. The number of amides is 1. The molecule has 0 saturated heterocycles. The van der Waals surface area contributed by atoms with Gasteiger partial charge >= 0.3 is 0 Å². The van der Waals surface area contributed by atoms with Crippen molar-refractivity contribution in [3.63, 3.8) is 0 Å². The molecule has 30 heavy (non-hydrogen) atoms. The van der Waals surface area contributed by atoms with Gasteiger partial charge in [-0.3, -0.25) is 9.10 Å². The third kappa shape index (κ3) is 3.89. The number of anilines is 2. The highest BCUT2D eigenvalue weighted by atomic mass is 32.2. The highest BCUT2D eigenvalue weighted by Gasteiger charge is 2.30. The van der Waals surface area contributed by atoms with E-state index in [9.17, 15) is 13.2 Å². The lowest BCUT2D eigenvalue weighted by Gasteiger charge is -2.20. The summed E-state index contributed by atoms with van der Waals surface area (Å²) >= 11 is 0. The first-order chi connectivity index (χ1) is 14.5. The highest BCUT2D eigenvalue weighted by Crippen LogP contribution is 2.33. The van der Waals surface area contributed by atoms with Crippen LogP contribution in [0.25, 0.3) is 0 Å². The minimum absolute atomic E-state index is 0.142. The number of carbonyl (C=O) groups excluding carboxylic acids is 1. The van der Waals surface area contributed by atoms with Crippen LogP contribution < -0.4 is 13.9 Å². The predicted molar refractivity (Wildman–Crippen MR) is 116 cm³/mol. The molecule has 1 aliphatic heterocycles. The molecule has 154 valence electrons. The number of hydrogen-bond acceptors (Lipinski definition) is 4. The molecular formula is C23H22N2O4S. The van der Waals surface area contributed by atoms with Crippen LogP contribution in [-0.2, 0) is 21.2 Å². The fourth-order valence-corrected chi connectivity index (χ4v) is 4.93. The Morgan fingerprint density at radius 2 is 1.63 bits per heavy atom. The number of benzene rings is 3. The van der Waals surface area contributed by atoms with Crippen molar-refractivity contribution in [2.45, 2.75) is 11.3 Å². The molecule has 0 aromatic heterocycles. The Morgan fingerprint density at radius 3 is 2.37 bits per heavy atom. The van der Waals surface area contributed by atoms with E-state index >= 15 is 0 Å². The minimum Gasteiger partial charge on any atom is -0.484 e. The molecule has 1 heterocycles. The number of para-hydroxylation sites is 2. The first-order valence-corrected chi connectivity index (χ1v) is 11.1. The van der Waals surface area contributed by atoms with Crippen LogP contribution in [0.3, 0.4) is 0 Å². The van der Waals surface area contributed by atoms with Gasteiger partial charge in [-0.15, -0.1) is 0 Å². The van der Waals surface area contributed by atoms with Crippen LogP contribution in [0.15, 0.2) is 83.8 Å². The quantitative estimate of drug-likeness (QED) is 0.610. The average Bonchev–Trinajstić information content (AvgIpc) is 3.23. The molecule has 3 aromatic carbocycles. The van der Waals surface area contributed by atoms with Gasteiger partial charge in [0.2, 0.25) is 0 Å². The molecule has 0 fully saturated rings. The minimum atomic E-state index is -3.65. The van der Waals surface area contributed by atoms with Gasteiger partial charge in [0, 0.05) is 19.3 Å². The fourth-order valence-electron chi connectivity index (χ4n) is 3.43. The summed E-state index contributed by atoms with van der Waals surface area (Å²) in [7, 11) is -1.96. The molecule has 0 bridgehead atoms. The van der Waals surface area contributed by atoms with Gasteiger partial charge < -0.3 is 9.64 Å². The average molecular weight is 423 g/mol. The van der Waals surface area contributed by atoms with E-state index < -0.39 is 10.0 Å². The lowest BCUT2D eigenvalue weighted by Crippen LogP contribution is -2.31. The van der Waals surface area contributed by atoms with E-state index in [0.717, 1.165) is 16.9 Å². The molecule has 1 aliphatic rings. The first kappa shape index (κ1) is 20.0. The summed E-state index contributed by atoms with van der Waals surface area (Å²) in [6, 6.07) is 23.0. The van der Waals surface area contributed by atoms with Crippen molar-refractivity contribution >= 4 is 27.3 Å². The van der Waals surface area contributed by atoms with Gasteiger partial charge in [-0.25, -0.2) is 8.42 Å². The molecule has 0 radical (unpaired) electrons. The zero-order chi connectivity index (χ0) is 21.1. The molecule has 7 heteroatoms. The maximum Gasteiger partial charge on any atom is 0.264 e. The lowest BCUT2D eigenvalue weighted by atomic mass is 10.2. The fraction of sp³-hybridized carbons (Fsp3) is 0.174. The normalized spacial score (nSPS) is 13.0. The van der Waals surface area contributed by atoms with Crippen LogP contribution in [-0.4, -0.2) is 34.5 Å². The number of ether oxygens (including phenoxy) is 1. The van der Waals surface area contributed by atoms with Gasteiger partial charge in [0.15, 0.2) is 6.61 Å². The number of hydrogen-bond donors (Lipinski definition) is 0. The second-order valence-electron chi connectivity index (χ2n) is 7.00. The SMILES string of the molecule is CN(C(=O)COc1ccc(S(=O)(=O)N2CCc3ccccc32)cc1)c1ccccc1. The van der Waals surface area contributed by atoms with Crippen molar-refractivity contribution in [3.05, 3.63) is 84.4 Å². The maximum absolute atomic E-state index is 13.0. The van der Waals surface area contributed by atoms with Gasteiger partial charge in [0.05, 0.1) is 10.6 Å². The summed E-state index contributed by atoms with van der Waals surface area (Å²) in [5.41, 5.74) is 2.54. The molecule has 3 aromatic rings. The Hall–Kier alpha value is -3.32. The molecule has 0 atom stereocenters. The Kier molecular flexibility index (Phi) is 5.46. The summed E-state index contributed by atoms with van der Waals surface area (Å²) in [6.07, 6.45) is 0.702. The monoisotopic (exact) mass is 422 g/mol. The summed E-state index contributed by atoms with van der Waals surface area (Å²) in [5, 5.41) is 0. The van der Waals surface area contributed by atoms with Crippen LogP contribution >= 0.6 is 0 Å². The van der Waals surface area contributed by atoms with Crippen LogP contribution in [0, 0.1) is 0 Å². The van der Waals surface area contributed by atoms with Crippen LogP contribution in [0.4, 0.5) is 11.4 Å². The number of rotatable bonds is 6. The Balaban J connectivity index is 1.43. The van der Waals surface area contributed by atoms with Gasteiger partial charge in [-0.1, -0.05) is 36.4 Å². The lowest BCUT2D eigenvalue weighted by molar-refractivity contribution is -0.120. The number of carbonyl (C=O) groups is 1. The topological polar surface area (TPSA) is 66.9 Å².